The Kier molecular flexibility index (Phi) is 15.3. The van der Waals surface area contributed by atoms with Crippen molar-refractivity contribution >= 4 is 20.0 Å². The number of rotatable bonds is 14. The second kappa shape index (κ2) is 15.9. The Bertz CT molecular complexity index is 535. The number of aliphatic carboxylic acids is 1. The molecule has 0 amide bonds. The largest absolute Gasteiger partial charge is 0.481 e. The molecule has 0 aromatic heterocycles. The highest BCUT2D eigenvalue weighted by atomic mass is 31.2. The minimum absolute atomic E-state index is 0.00683. The summed E-state index contributed by atoms with van der Waals surface area (Å²) >= 11 is 0. The van der Waals surface area contributed by atoms with Gasteiger partial charge in [0.05, 0.1) is 25.9 Å². The first-order valence-electron chi connectivity index (χ1n) is 10.6. The number of carboxylic acid groups (broad SMARTS) is 1. The van der Waals surface area contributed by atoms with E-state index in [2.05, 4.69) is 43.4 Å². The van der Waals surface area contributed by atoms with Crippen molar-refractivity contribution < 1.29 is 24.3 Å². The summed E-state index contributed by atoms with van der Waals surface area (Å²) < 4.78 is 11.4. The van der Waals surface area contributed by atoms with Crippen molar-refractivity contribution in [3.05, 3.63) is 29.8 Å². The predicted molar refractivity (Wildman–Crippen MR) is 118 cm³/mol. The maximum atomic E-state index is 10.9. The van der Waals surface area contributed by atoms with Crippen LogP contribution in [-0.2, 0) is 19.3 Å². The summed E-state index contributed by atoms with van der Waals surface area (Å²) in [4.78, 5) is 10.9. The molecule has 0 saturated carbocycles. The predicted octanol–water partition coefficient (Wildman–Crippen LogP) is 5.22. The Labute approximate surface area is 173 Å². The van der Waals surface area contributed by atoms with Crippen LogP contribution in [0.15, 0.2) is 24.3 Å². The van der Waals surface area contributed by atoms with Crippen molar-refractivity contribution in [1.29, 1.82) is 0 Å². The van der Waals surface area contributed by atoms with E-state index in [4.69, 9.17) is 14.2 Å². The lowest BCUT2D eigenvalue weighted by Gasteiger charge is -2.29. The van der Waals surface area contributed by atoms with E-state index < -0.39 is 14.3 Å². The van der Waals surface area contributed by atoms with E-state index in [0.717, 1.165) is 25.5 Å². The SMILES string of the molecule is CC.CCOP(CC[NH2+]c1ccccc1C(C)(CC)CCCC(=O)O)OCC. The molecule has 6 heteroatoms. The van der Waals surface area contributed by atoms with Crippen LogP contribution in [0.4, 0.5) is 5.69 Å². The highest BCUT2D eigenvalue weighted by molar-refractivity contribution is 7.47. The van der Waals surface area contributed by atoms with Crippen LogP contribution in [0.1, 0.15) is 72.8 Å². The average Bonchev–Trinajstić information content (AvgIpc) is 2.70. The van der Waals surface area contributed by atoms with E-state index in [0.29, 0.717) is 19.6 Å². The Morgan fingerprint density at radius 1 is 1.14 bits per heavy atom. The van der Waals surface area contributed by atoms with E-state index in [1.165, 1.54) is 11.3 Å². The number of quaternary nitrogens is 1. The van der Waals surface area contributed by atoms with Crippen molar-refractivity contribution in [2.24, 2.45) is 0 Å². The fourth-order valence-electron chi connectivity index (χ4n) is 3.14. The summed E-state index contributed by atoms with van der Waals surface area (Å²) in [6, 6.07) is 8.48. The minimum Gasteiger partial charge on any atom is -0.481 e. The molecule has 1 aromatic carbocycles. The van der Waals surface area contributed by atoms with Crippen molar-refractivity contribution in [3.63, 3.8) is 0 Å². The number of benzene rings is 1. The number of hydrogen-bond acceptors (Lipinski definition) is 3. The van der Waals surface area contributed by atoms with Crippen LogP contribution >= 0.6 is 8.38 Å². The van der Waals surface area contributed by atoms with Crippen LogP contribution in [0.3, 0.4) is 0 Å². The van der Waals surface area contributed by atoms with Gasteiger partial charge < -0.3 is 19.5 Å². The molecule has 0 heterocycles. The fourth-order valence-corrected chi connectivity index (χ4v) is 4.38. The molecule has 0 aliphatic rings. The second-order valence-corrected chi connectivity index (χ2v) is 8.26. The van der Waals surface area contributed by atoms with Gasteiger partial charge >= 0.3 is 5.97 Å². The van der Waals surface area contributed by atoms with Gasteiger partial charge in [0.15, 0.2) is 8.38 Å². The summed E-state index contributed by atoms with van der Waals surface area (Å²) in [5, 5.41) is 11.2. The topological polar surface area (TPSA) is 72.4 Å². The molecule has 1 atom stereocenters. The van der Waals surface area contributed by atoms with E-state index in [-0.39, 0.29) is 11.8 Å². The molecular formula is C22H41NO4P+. The number of nitrogens with two attached hydrogens (primary N) is 1. The molecule has 0 spiro atoms. The molecular weight excluding hydrogens is 373 g/mol. The maximum Gasteiger partial charge on any atom is 0.303 e. The van der Waals surface area contributed by atoms with E-state index in [1.807, 2.05) is 27.7 Å². The highest BCUT2D eigenvalue weighted by Crippen LogP contribution is 2.37. The third-order valence-electron chi connectivity index (χ3n) is 4.73. The third-order valence-corrected chi connectivity index (χ3v) is 6.45. The standard InChI is InChI=1S/C20H34NO4P.C2H6/c1-5-20(4,14-10-13-19(22)23)17-11-8-9-12-18(17)21-15-16-26(24-6-2)25-7-3;1-2/h8-9,11-12,21H,5-7,10,13-16H2,1-4H3,(H,22,23);1-2H3/p+1. The molecule has 3 N–H and O–H groups in total. The maximum absolute atomic E-state index is 10.9. The van der Waals surface area contributed by atoms with Crippen LogP contribution < -0.4 is 5.32 Å². The molecule has 0 bridgehead atoms. The summed E-state index contributed by atoms with van der Waals surface area (Å²) in [5.41, 5.74) is 2.55. The zero-order valence-corrected chi connectivity index (χ0v) is 19.6. The zero-order chi connectivity index (χ0) is 21.4. The lowest BCUT2D eigenvalue weighted by molar-refractivity contribution is -0.567. The monoisotopic (exact) mass is 414 g/mol. The number of carbonyl (C=O) groups is 1. The van der Waals surface area contributed by atoms with Crippen molar-refractivity contribution in [2.45, 2.75) is 72.6 Å². The van der Waals surface area contributed by atoms with Gasteiger partial charge in [0.2, 0.25) is 0 Å². The first-order valence-corrected chi connectivity index (χ1v) is 12.0. The summed E-state index contributed by atoms with van der Waals surface area (Å²) in [7, 11) is -0.812. The fraction of sp³-hybridized carbons (Fsp3) is 0.682. The van der Waals surface area contributed by atoms with Crippen LogP contribution in [0.5, 0.6) is 0 Å². The lowest BCUT2D eigenvalue weighted by atomic mass is 9.75. The first kappa shape index (κ1) is 27.0. The van der Waals surface area contributed by atoms with Gasteiger partial charge in [-0.25, -0.2) is 0 Å². The van der Waals surface area contributed by atoms with Gasteiger partial charge in [-0.1, -0.05) is 45.9 Å². The molecule has 162 valence electrons. The molecule has 0 fully saturated rings. The first-order chi connectivity index (χ1) is 13.5. The molecule has 0 radical (unpaired) electrons. The molecule has 5 nitrogen and oxygen atoms in total. The molecule has 1 unspecified atom stereocenters. The molecule has 0 aliphatic heterocycles. The molecule has 0 saturated heterocycles. The van der Waals surface area contributed by atoms with Crippen molar-refractivity contribution in [2.75, 3.05) is 25.9 Å². The van der Waals surface area contributed by atoms with E-state index in [9.17, 15) is 4.79 Å². The smallest absolute Gasteiger partial charge is 0.303 e. The van der Waals surface area contributed by atoms with E-state index in [1.54, 1.807) is 0 Å². The van der Waals surface area contributed by atoms with Crippen molar-refractivity contribution in [3.8, 4) is 0 Å². The third kappa shape index (κ3) is 9.97. The van der Waals surface area contributed by atoms with E-state index >= 15 is 0 Å². The van der Waals surface area contributed by atoms with Crippen molar-refractivity contribution in [1.82, 2.24) is 0 Å². The highest BCUT2D eigenvalue weighted by Gasteiger charge is 2.28. The zero-order valence-electron chi connectivity index (χ0n) is 18.7. The van der Waals surface area contributed by atoms with Crippen LogP contribution in [0.2, 0.25) is 0 Å². The Hall–Kier alpha value is -1.00. The quantitative estimate of drug-likeness (QED) is 0.324. The van der Waals surface area contributed by atoms with Gasteiger partial charge in [-0.05, 0) is 44.6 Å². The summed E-state index contributed by atoms with van der Waals surface area (Å²) in [5.74, 6) is -0.719. The Balaban J connectivity index is 0.00000352. The van der Waals surface area contributed by atoms with Gasteiger partial charge in [-0.3, -0.25) is 4.79 Å². The molecule has 28 heavy (non-hydrogen) atoms. The van der Waals surface area contributed by atoms with Crippen LogP contribution in [0.25, 0.3) is 0 Å². The number of carboxylic acids is 1. The summed E-state index contributed by atoms with van der Waals surface area (Å²) in [6.07, 6.45) is 3.70. The van der Waals surface area contributed by atoms with Gasteiger partial charge in [0.1, 0.15) is 5.69 Å². The van der Waals surface area contributed by atoms with Gasteiger partial charge in [0, 0.05) is 12.0 Å². The van der Waals surface area contributed by atoms with Gasteiger partial charge in [0.25, 0.3) is 0 Å². The number of hydrogen-bond donors (Lipinski definition) is 2. The summed E-state index contributed by atoms with van der Waals surface area (Å²) in [6.45, 7) is 14.7. The minimum atomic E-state index is -0.812. The molecule has 1 aromatic rings. The lowest BCUT2D eigenvalue weighted by Crippen LogP contribution is -2.79. The van der Waals surface area contributed by atoms with Gasteiger partial charge in [-0.15, -0.1) is 0 Å². The van der Waals surface area contributed by atoms with Crippen LogP contribution in [0, 0.1) is 0 Å². The Morgan fingerprint density at radius 2 is 1.75 bits per heavy atom. The molecule has 0 aliphatic carbocycles. The molecule has 1 rings (SSSR count). The average molecular weight is 415 g/mol. The van der Waals surface area contributed by atoms with Gasteiger partial charge in [-0.2, -0.15) is 0 Å². The Morgan fingerprint density at radius 3 is 2.29 bits per heavy atom. The number of para-hydroxylation sites is 1. The van der Waals surface area contributed by atoms with Crippen LogP contribution in [-0.4, -0.2) is 37.0 Å². The normalized spacial score (nSPS) is 13.0. The second-order valence-electron chi connectivity index (χ2n) is 6.63.